The molecule has 0 aromatic carbocycles. The van der Waals surface area contributed by atoms with Gasteiger partial charge in [-0.15, -0.1) is 6.58 Å². The van der Waals surface area contributed by atoms with Crippen molar-refractivity contribution in [3.8, 4) is 0 Å². The zero-order valence-corrected chi connectivity index (χ0v) is 16.4. The predicted octanol–water partition coefficient (Wildman–Crippen LogP) is 7.78. The van der Waals surface area contributed by atoms with E-state index in [1.54, 1.807) is 51.4 Å². The fourth-order valence-corrected chi connectivity index (χ4v) is 6.18. The van der Waals surface area contributed by atoms with Gasteiger partial charge in [0.15, 0.2) is 0 Å². The standard InChI is InChI=1S/C24H42/c1-3-19-5-9-21(10-6-19)17-23-13-15-24(16-14-23)18-22-11-7-20(4-2)8-12-22/h3,19-24H,1,4-18H2,2H3. The summed E-state index contributed by atoms with van der Waals surface area (Å²) in [4.78, 5) is 0. The van der Waals surface area contributed by atoms with E-state index >= 15 is 0 Å². The van der Waals surface area contributed by atoms with Crippen LogP contribution in [0, 0.1) is 35.5 Å². The predicted molar refractivity (Wildman–Crippen MR) is 106 cm³/mol. The third-order valence-corrected chi connectivity index (χ3v) is 8.07. The first-order chi connectivity index (χ1) is 11.8. The lowest BCUT2D eigenvalue weighted by Gasteiger charge is -2.36. The highest BCUT2D eigenvalue weighted by Crippen LogP contribution is 2.42. The summed E-state index contributed by atoms with van der Waals surface area (Å²) >= 11 is 0. The largest absolute Gasteiger partial charge is 0.103 e. The topological polar surface area (TPSA) is 0 Å². The fourth-order valence-electron chi connectivity index (χ4n) is 6.18. The van der Waals surface area contributed by atoms with Crippen molar-refractivity contribution in [2.75, 3.05) is 0 Å². The maximum atomic E-state index is 3.99. The molecule has 0 atom stereocenters. The highest BCUT2D eigenvalue weighted by molar-refractivity contribution is 4.85. The van der Waals surface area contributed by atoms with Crippen molar-refractivity contribution in [1.29, 1.82) is 0 Å². The smallest absolute Gasteiger partial charge is 0.0236 e. The van der Waals surface area contributed by atoms with Crippen molar-refractivity contribution in [3.05, 3.63) is 12.7 Å². The summed E-state index contributed by atoms with van der Waals surface area (Å²) in [5.41, 5.74) is 0. The molecule has 138 valence electrons. The van der Waals surface area contributed by atoms with Crippen LogP contribution in [0.1, 0.15) is 103 Å². The van der Waals surface area contributed by atoms with E-state index in [0.29, 0.717) is 0 Å². The summed E-state index contributed by atoms with van der Waals surface area (Å²) in [5.74, 6) is 6.19. The van der Waals surface area contributed by atoms with Crippen LogP contribution in [0.25, 0.3) is 0 Å². The lowest BCUT2D eigenvalue weighted by atomic mass is 9.70. The van der Waals surface area contributed by atoms with Crippen molar-refractivity contribution < 1.29 is 0 Å². The quantitative estimate of drug-likeness (QED) is 0.436. The van der Waals surface area contributed by atoms with E-state index < -0.39 is 0 Å². The minimum absolute atomic E-state index is 0.833. The average molecular weight is 331 g/mol. The molecule has 0 bridgehead atoms. The molecule has 0 unspecified atom stereocenters. The molecule has 3 fully saturated rings. The fraction of sp³-hybridized carbons (Fsp3) is 0.917. The molecule has 0 N–H and O–H groups in total. The third-order valence-electron chi connectivity index (χ3n) is 8.07. The van der Waals surface area contributed by atoms with E-state index in [1.165, 1.54) is 44.9 Å². The Bertz CT molecular complexity index is 346. The molecule has 24 heavy (non-hydrogen) atoms. The van der Waals surface area contributed by atoms with Gasteiger partial charge in [0.25, 0.3) is 0 Å². The minimum atomic E-state index is 0.833. The van der Waals surface area contributed by atoms with Crippen molar-refractivity contribution >= 4 is 0 Å². The number of hydrogen-bond acceptors (Lipinski definition) is 0. The van der Waals surface area contributed by atoms with Gasteiger partial charge in [-0.25, -0.2) is 0 Å². The molecule has 3 aliphatic rings. The van der Waals surface area contributed by atoms with E-state index in [2.05, 4.69) is 19.6 Å². The monoisotopic (exact) mass is 330 g/mol. The van der Waals surface area contributed by atoms with Crippen LogP contribution in [0.3, 0.4) is 0 Å². The number of allylic oxidation sites excluding steroid dienone is 1. The highest BCUT2D eigenvalue weighted by atomic mass is 14.3. The summed E-state index contributed by atoms with van der Waals surface area (Å²) in [5, 5.41) is 0. The molecule has 3 aliphatic carbocycles. The van der Waals surface area contributed by atoms with Crippen molar-refractivity contribution in [2.45, 2.75) is 103 Å². The number of rotatable bonds is 6. The van der Waals surface area contributed by atoms with Gasteiger partial charge in [0.2, 0.25) is 0 Å². The molecular formula is C24H42. The van der Waals surface area contributed by atoms with Crippen molar-refractivity contribution in [3.63, 3.8) is 0 Å². The molecule has 0 heterocycles. The molecule has 0 heteroatoms. The van der Waals surface area contributed by atoms with Crippen LogP contribution < -0.4 is 0 Å². The van der Waals surface area contributed by atoms with E-state index in [1.807, 2.05) is 0 Å². The SMILES string of the molecule is C=CC1CCC(CC2CCC(CC3CCC(CC)CC3)CC2)CC1. The first-order valence-corrected chi connectivity index (χ1v) is 11.4. The molecule has 0 spiro atoms. The van der Waals surface area contributed by atoms with Crippen LogP contribution >= 0.6 is 0 Å². The Hall–Kier alpha value is -0.260. The van der Waals surface area contributed by atoms with Crippen molar-refractivity contribution in [1.82, 2.24) is 0 Å². The molecule has 0 amide bonds. The molecule has 0 saturated heterocycles. The van der Waals surface area contributed by atoms with Crippen LogP contribution in [0.2, 0.25) is 0 Å². The van der Waals surface area contributed by atoms with Gasteiger partial charge in [0.05, 0.1) is 0 Å². The highest BCUT2D eigenvalue weighted by Gasteiger charge is 2.28. The minimum Gasteiger partial charge on any atom is -0.103 e. The van der Waals surface area contributed by atoms with E-state index in [0.717, 1.165) is 35.5 Å². The van der Waals surface area contributed by atoms with Gasteiger partial charge in [-0.2, -0.15) is 0 Å². The van der Waals surface area contributed by atoms with E-state index in [-0.39, 0.29) is 0 Å². The van der Waals surface area contributed by atoms with Gasteiger partial charge in [0.1, 0.15) is 0 Å². The molecule has 0 aromatic rings. The van der Waals surface area contributed by atoms with Crippen LogP contribution in [0.5, 0.6) is 0 Å². The second kappa shape index (κ2) is 9.44. The second-order valence-electron chi connectivity index (χ2n) is 9.67. The lowest BCUT2D eigenvalue weighted by Crippen LogP contribution is -2.23. The van der Waals surface area contributed by atoms with E-state index in [9.17, 15) is 0 Å². The molecule has 3 rings (SSSR count). The Labute approximate surface area is 151 Å². The van der Waals surface area contributed by atoms with Gasteiger partial charge in [-0.3, -0.25) is 0 Å². The van der Waals surface area contributed by atoms with Gasteiger partial charge < -0.3 is 0 Å². The molecule has 0 radical (unpaired) electrons. The summed E-state index contributed by atoms with van der Waals surface area (Å²) in [6.07, 6.45) is 24.9. The molecule has 3 saturated carbocycles. The first-order valence-electron chi connectivity index (χ1n) is 11.4. The summed E-state index contributed by atoms with van der Waals surface area (Å²) in [6.45, 7) is 6.38. The van der Waals surface area contributed by atoms with Gasteiger partial charge in [-0.05, 0) is 74.0 Å². The molecule has 0 aliphatic heterocycles. The first kappa shape index (κ1) is 18.5. The van der Waals surface area contributed by atoms with Gasteiger partial charge in [-0.1, -0.05) is 70.8 Å². The lowest BCUT2D eigenvalue weighted by molar-refractivity contribution is 0.167. The molecule has 0 nitrogen and oxygen atoms in total. The van der Waals surface area contributed by atoms with Crippen LogP contribution in [0.4, 0.5) is 0 Å². The van der Waals surface area contributed by atoms with E-state index in [4.69, 9.17) is 0 Å². The Balaban J connectivity index is 1.31. The number of hydrogen-bond donors (Lipinski definition) is 0. The Kier molecular flexibility index (Phi) is 7.29. The van der Waals surface area contributed by atoms with Crippen LogP contribution in [-0.4, -0.2) is 0 Å². The third kappa shape index (κ3) is 5.37. The second-order valence-corrected chi connectivity index (χ2v) is 9.67. The van der Waals surface area contributed by atoms with Crippen LogP contribution in [-0.2, 0) is 0 Å². The zero-order chi connectivity index (χ0) is 16.8. The maximum Gasteiger partial charge on any atom is -0.0236 e. The Morgan fingerprint density at radius 1 is 0.583 bits per heavy atom. The van der Waals surface area contributed by atoms with Gasteiger partial charge in [0, 0.05) is 0 Å². The Morgan fingerprint density at radius 2 is 0.917 bits per heavy atom. The summed E-state index contributed by atoms with van der Waals surface area (Å²) in [6, 6.07) is 0. The van der Waals surface area contributed by atoms with Crippen LogP contribution in [0.15, 0.2) is 12.7 Å². The van der Waals surface area contributed by atoms with Gasteiger partial charge >= 0.3 is 0 Å². The maximum absolute atomic E-state index is 3.99. The molecular weight excluding hydrogens is 288 g/mol. The normalized spacial score (nSPS) is 41.0. The zero-order valence-electron chi connectivity index (χ0n) is 16.4. The average Bonchev–Trinajstić information content (AvgIpc) is 2.65. The van der Waals surface area contributed by atoms with Crippen molar-refractivity contribution in [2.24, 2.45) is 35.5 Å². The Morgan fingerprint density at radius 3 is 1.25 bits per heavy atom. The summed E-state index contributed by atoms with van der Waals surface area (Å²) in [7, 11) is 0. The molecule has 0 aromatic heterocycles. The summed E-state index contributed by atoms with van der Waals surface area (Å²) < 4.78 is 0.